The summed E-state index contributed by atoms with van der Waals surface area (Å²) in [5, 5.41) is 6.29. The Morgan fingerprint density at radius 3 is 2.40 bits per heavy atom. The second-order valence-corrected chi connectivity index (χ2v) is 7.70. The van der Waals surface area contributed by atoms with E-state index in [4.69, 9.17) is 0 Å². The highest BCUT2D eigenvalue weighted by molar-refractivity contribution is 5.93. The van der Waals surface area contributed by atoms with Crippen LogP contribution in [0.5, 0.6) is 0 Å². The Hall–Kier alpha value is -2.43. The van der Waals surface area contributed by atoms with Crippen molar-refractivity contribution < 1.29 is 4.79 Å². The lowest BCUT2D eigenvalue weighted by Gasteiger charge is -2.19. The predicted molar refractivity (Wildman–Crippen MR) is 100 cm³/mol. The number of amides is 1. The van der Waals surface area contributed by atoms with Crippen LogP contribution in [-0.2, 0) is 5.41 Å². The number of carbonyl (C=O) groups excluding carboxylic acids is 1. The van der Waals surface area contributed by atoms with E-state index in [-0.39, 0.29) is 17.4 Å². The molecule has 1 amide bonds. The average Bonchev–Trinajstić information content (AvgIpc) is 3.08. The molecule has 1 saturated carbocycles. The molecule has 0 radical (unpaired) electrons. The summed E-state index contributed by atoms with van der Waals surface area (Å²) in [5.74, 6) is 0.496. The third kappa shape index (κ3) is 4.56. The lowest BCUT2D eigenvalue weighted by atomic mass is 9.87. The van der Waals surface area contributed by atoms with Gasteiger partial charge in [-0.05, 0) is 36.0 Å². The Balaban J connectivity index is 1.68. The summed E-state index contributed by atoms with van der Waals surface area (Å²) >= 11 is 0. The molecule has 0 aliphatic heterocycles. The molecule has 1 aromatic heterocycles. The van der Waals surface area contributed by atoms with Gasteiger partial charge in [-0.1, -0.05) is 45.7 Å². The zero-order valence-electron chi connectivity index (χ0n) is 15.2. The van der Waals surface area contributed by atoms with Gasteiger partial charge in [-0.15, -0.1) is 0 Å². The summed E-state index contributed by atoms with van der Waals surface area (Å²) in [4.78, 5) is 20.7. The molecule has 5 heteroatoms. The van der Waals surface area contributed by atoms with Gasteiger partial charge in [0.2, 0.25) is 0 Å². The Kier molecular flexibility index (Phi) is 5.02. The monoisotopic (exact) mass is 338 g/mol. The Morgan fingerprint density at radius 1 is 1.08 bits per heavy atom. The third-order valence-electron chi connectivity index (χ3n) is 4.61. The molecule has 0 saturated heterocycles. The summed E-state index contributed by atoms with van der Waals surface area (Å²) in [7, 11) is 0. The molecule has 3 rings (SSSR count). The summed E-state index contributed by atoms with van der Waals surface area (Å²) in [6, 6.07) is 10.3. The fourth-order valence-corrected chi connectivity index (χ4v) is 3.08. The maximum Gasteiger partial charge on any atom is 0.270 e. The number of nitrogens with zero attached hydrogens (tertiary/aromatic N) is 2. The molecule has 132 valence electrons. The van der Waals surface area contributed by atoms with E-state index in [1.54, 1.807) is 6.07 Å². The number of rotatable bonds is 4. The highest BCUT2D eigenvalue weighted by atomic mass is 16.1. The van der Waals surface area contributed by atoms with E-state index in [0.29, 0.717) is 11.5 Å². The molecule has 1 heterocycles. The van der Waals surface area contributed by atoms with Crippen molar-refractivity contribution >= 4 is 17.4 Å². The van der Waals surface area contributed by atoms with Gasteiger partial charge in [-0.3, -0.25) is 4.79 Å². The summed E-state index contributed by atoms with van der Waals surface area (Å²) in [6.45, 7) is 6.57. The minimum Gasteiger partial charge on any atom is -0.348 e. The quantitative estimate of drug-likeness (QED) is 0.877. The van der Waals surface area contributed by atoms with Gasteiger partial charge in [0, 0.05) is 17.8 Å². The Bertz CT molecular complexity index is 728. The van der Waals surface area contributed by atoms with Crippen LogP contribution in [-0.4, -0.2) is 21.9 Å². The molecule has 5 nitrogen and oxygen atoms in total. The van der Waals surface area contributed by atoms with Crippen molar-refractivity contribution in [3.05, 3.63) is 47.9 Å². The van der Waals surface area contributed by atoms with Crippen LogP contribution in [0, 0.1) is 0 Å². The first kappa shape index (κ1) is 17.4. The molecule has 2 aromatic rings. The molecule has 2 N–H and O–H groups in total. The van der Waals surface area contributed by atoms with Gasteiger partial charge in [0.15, 0.2) is 0 Å². The van der Waals surface area contributed by atoms with Crippen LogP contribution < -0.4 is 10.6 Å². The first-order valence-corrected chi connectivity index (χ1v) is 8.92. The van der Waals surface area contributed by atoms with Crippen LogP contribution in [0.3, 0.4) is 0 Å². The molecule has 0 spiro atoms. The first-order valence-electron chi connectivity index (χ1n) is 8.92. The number of hydrogen-bond acceptors (Lipinski definition) is 4. The topological polar surface area (TPSA) is 66.9 Å². The van der Waals surface area contributed by atoms with Crippen LogP contribution in [0.1, 0.15) is 62.5 Å². The summed E-state index contributed by atoms with van der Waals surface area (Å²) in [5.41, 5.74) is 2.74. The van der Waals surface area contributed by atoms with Gasteiger partial charge >= 0.3 is 0 Å². The van der Waals surface area contributed by atoms with Crippen LogP contribution >= 0.6 is 0 Å². The van der Waals surface area contributed by atoms with Crippen LogP contribution in [0.2, 0.25) is 0 Å². The predicted octanol–water partition coefficient (Wildman–Crippen LogP) is 4.19. The normalized spacial score (nSPS) is 15.2. The standard InChI is InChI=1S/C20H26N4O/c1-20(2,3)14-8-10-16(11-9-14)23-18-12-17(21-13-22-18)19(25)24-15-6-4-5-7-15/h8-13,15H,4-7H2,1-3H3,(H,24,25)(H,21,22,23). The zero-order chi connectivity index (χ0) is 17.9. The van der Waals surface area contributed by atoms with E-state index in [2.05, 4.69) is 53.5 Å². The number of hydrogen-bond donors (Lipinski definition) is 2. The minimum absolute atomic E-state index is 0.124. The van der Waals surface area contributed by atoms with E-state index < -0.39 is 0 Å². The minimum atomic E-state index is -0.125. The van der Waals surface area contributed by atoms with Crippen LogP contribution in [0.4, 0.5) is 11.5 Å². The number of nitrogens with one attached hydrogen (secondary N) is 2. The second-order valence-electron chi connectivity index (χ2n) is 7.70. The van der Waals surface area contributed by atoms with Crippen molar-refractivity contribution in [1.82, 2.24) is 15.3 Å². The second kappa shape index (κ2) is 7.21. The van der Waals surface area contributed by atoms with Crippen LogP contribution in [0.15, 0.2) is 36.7 Å². The largest absolute Gasteiger partial charge is 0.348 e. The van der Waals surface area contributed by atoms with Crippen molar-refractivity contribution in [2.45, 2.75) is 57.9 Å². The number of benzene rings is 1. The molecule has 0 bridgehead atoms. The maximum absolute atomic E-state index is 12.3. The van der Waals surface area contributed by atoms with Gasteiger partial charge in [0.1, 0.15) is 17.8 Å². The summed E-state index contributed by atoms with van der Waals surface area (Å²) < 4.78 is 0. The molecule has 25 heavy (non-hydrogen) atoms. The number of carbonyl (C=O) groups is 1. The lowest BCUT2D eigenvalue weighted by molar-refractivity contribution is 0.0932. The van der Waals surface area contributed by atoms with E-state index in [1.165, 1.54) is 24.7 Å². The zero-order valence-corrected chi connectivity index (χ0v) is 15.2. The Morgan fingerprint density at radius 2 is 1.76 bits per heavy atom. The van der Waals surface area contributed by atoms with E-state index in [9.17, 15) is 4.79 Å². The molecule has 1 aliphatic carbocycles. The fourth-order valence-electron chi connectivity index (χ4n) is 3.08. The van der Waals surface area contributed by atoms with Crippen LogP contribution in [0.25, 0.3) is 0 Å². The van der Waals surface area contributed by atoms with E-state index >= 15 is 0 Å². The smallest absolute Gasteiger partial charge is 0.270 e. The number of aromatic nitrogens is 2. The molecular formula is C20H26N4O. The molecule has 0 unspecified atom stereocenters. The van der Waals surface area contributed by atoms with Crippen molar-refractivity contribution in [2.24, 2.45) is 0 Å². The average molecular weight is 338 g/mol. The van der Waals surface area contributed by atoms with Crippen molar-refractivity contribution in [1.29, 1.82) is 0 Å². The first-order chi connectivity index (χ1) is 11.9. The molecule has 1 aliphatic rings. The molecule has 1 aromatic carbocycles. The van der Waals surface area contributed by atoms with Gasteiger partial charge in [-0.25, -0.2) is 9.97 Å². The lowest BCUT2D eigenvalue weighted by Crippen LogP contribution is -2.33. The van der Waals surface area contributed by atoms with Gasteiger partial charge in [-0.2, -0.15) is 0 Å². The van der Waals surface area contributed by atoms with Gasteiger partial charge in [0.05, 0.1) is 0 Å². The van der Waals surface area contributed by atoms with E-state index in [0.717, 1.165) is 18.5 Å². The third-order valence-corrected chi connectivity index (χ3v) is 4.61. The van der Waals surface area contributed by atoms with Crippen molar-refractivity contribution in [2.75, 3.05) is 5.32 Å². The van der Waals surface area contributed by atoms with Crippen molar-refractivity contribution in [3.63, 3.8) is 0 Å². The van der Waals surface area contributed by atoms with E-state index in [1.807, 2.05) is 12.1 Å². The van der Waals surface area contributed by atoms with Gasteiger partial charge < -0.3 is 10.6 Å². The van der Waals surface area contributed by atoms with Gasteiger partial charge in [0.25, 0.3) is 5.91 Å². The Labute approximate surface area is 149 Å². The highest BCUT2D eigenvalue weighted by Crippen LogP contribution is 2.24. The summed E-state index contributed by atoms with van der Waals surface area (Å²) in [6.07, 6.45) is 5.91. The highest BCUT2D eigenvalue weighted by Gasteiger charge is 2.19. The number of anilines is 2. The molecule has 1 fully saturated rings. The SMILES string of the molecule is CC(C)(C)c1ccc(Nc2cc(C(=O)NC3CCCC3)ncn2)cc1. The maximum atomic E-state index is 12.3. The fraction of sp³-hybridized carbons (Fsp3) is 0.450. The molecule has 0 atom stereocenters. The van der Waals surface area contributed by atoms with Crippen molar-refractivity contribution in [3.8, 4) is 0 Å². The molecular weight excluding hydrogens is 312 g/mol.